The molecular formula is C15H11ClN2O4S. The van der Waals surface area contributed by atoms with Crippen molar-refractivity contribution in [1.29, 1.82) is 0 Å². The average molecular weight is 351 g/mol. The maximum atomic E-state index is 12.5. The minimum Gasteiger partial charge on any atom is -0.449 e. The largest absolute Gasteiger partial charge is 0.449 e. The zero-order chi connectivity index (χ0) is 16.6. The lowest BCUT2D eigenvalue weighted by Gasteiger charge is -2.07. The number of nitrogens with two attached hydrogens (primary N) is 1. The van der Waals surface area contributed by atoms with Gasteiger partial charge < -0.3 is 10.2 Å². The highest BCUT2D eigenvalue weighted by atomic mass is 35.5. The number of anilines is 1. The standard InChI is InChI=1S/C15H11ClN2O4S/c16-9-5-7-10(8-6-9)23(20,21)18-13-11-3-1-2-4-12(11)22-14(13)15(17)19/h1-8,18H,(H2,17,19). The van der Waals surface area contributed by atoms with Crippen molar-refractivity contribution < 1.29 is 17.6 Å². The molecule has 6 nitrogen and oxygen atoms in total. The van der Waals surface area contributed by atoms with Crippen LogP contribution in [0.25, 0.3) is 11.0 Å². The molecule has 0 bridgehead atoms. The number of halogens is 1. The van der Waals surface area contributed by atoms with Crippen molar-refractivity contribution in [2.45, 2.75) is 4.90 Å². The van der Waals surface area contributed by atoms with E-state index in [2.05, 4.69) is 4.72 Å². The summed E-state index contributed by atoms with van der Waals surface area (Å²) in [6, 6.07) is 12.3. The van der Waals surface area contributed by atoms with E-state index in [0.29, 0.717) is 16.0 Å². The van der Waals surface area contributed by atoms with Gasteiger partial charge in [0, 0.05) is 10.4 Å². The minimum absolute atomic E-state index is 0.00241. The lowest BCUT2D eigenvalue weighted by molar-refractivity contribution is 0.0977. The number of rotatable bonds is 4. The van der Waals surface area contributed by atoms with Gasteiger partial charge in [0.25, 0.3) is 15.9 Å². The molecule has 2 aromatic carbocycles. The third-order valence-corrected chi connectivity index (χ3v) is 4.80. The minimum atomic E-state index is -3.92. The number of carbonyl (C=O) groups is 1. The maximum Gasteiger partial charge on any atom is 0.286 e. The molecule has 3 rings (SSSR count). The van der Waals surface area contributed by atoms with Crippen molar-refractivity contribution >= 4 is 44.2 Å². The molecule has 0 saturated carbocycles. The van der Waals surface area contributed by atoms with Crippen molar-refractivity contribution in [3.63, 3.8) is 0 Å². The molecule has 3 aromatic rings. The number of sulfonamides is 1. The number of fused-ring (bicyclic) bond motifs is 1. The second-order valence-corrected chi connectivity index (χ2v) is 6.84. The van der Waals surface area contributed by atoms with Gasteiger partial charge in [-0.3, -0.25) is 9.52 Å². The fraction of sp³-hybridized carbons (Fsp3) is 0. The number of furan rings is 1. The molecule has 0 fully saturated rings. The van der Waals surface area contributed by atoms with Gasteiger partial charge in [0.1, 0.15) is 11.3 Å². The van der Waals surface area contributed by atoms with Crippen LogP contribution < -0.4 is 10.5 Å². The van der Waals surface area contributed by atoms with Crippen LogP contribution in [-0.4, -0.2) is 14.3 Å². The number of benzene rings is 2. The summed E-state index contributed by atoms with van der Waals surface area (Å²) in [5.41, 5.74) is 5.64. The second kappa shape index (κ2) is 5.60. The summed E-state index contributed by atoms with van der Waals surface area (Å²) in [6.45, 7) is 0. The molecule has 0 radical (unpaired) electrons. The van der Waals surface area contributed by atoms with Crippen molar-refractivity contribution in [1.82, 2.24) is 0 Å². The molecule has 0 unspecified atom stereocenters. The summed E-state index contributed by atoms with van der Waals surface area (Å²) in [4.78, 5) is 11.5. The highest BCUT2D eigenvalue weighted by molar-refractivity contribution is 7.92. The zero-order valence-electron chi connectivity index (χ0n) is 11.6. The van der Waals surface area contributed by atoms with Crippen LogP contribution in [0.5, 0.6) is 0 Å². The van der Waals surface area contributed by atoms with E-state index in [4.69, 9.17) is 21.8 Å². The van der Waals surface area contributed by atoms with E-state index in [1.54, 1.807) is 24.3 Å². The Hall–Kier alpha value is -2.51. The molecule has 118 valence electrons. The molecule has 0 aliphatic rings. The molecular weight excluding hydrogens is 340 g/mol. The number of amides is 1. The normalized spacial score (nSPS) is 11.5. The van der Waals surface area contributed by atoms with E-state index < -0.39 is 15.9 Å². The van der Waals surface area contributed by atoms with Gasteiger partial charge in [0.15, 0.2) is 0 Å². The van der Waals surface area contributed by atoms with E-state index in [1.165, 1.54) is 24.3 Å². The van der Waals surface area contributed by atoms with Crippen LogP contribution in [0, 0.1) is 0 Å². The third kappa shape index (κ3) is 2.88. The first-order valence-electron chi connectivity index (χ1n) is 6.48. The highest BCUT2D eigenvalue weighted by Gasteiger charge is 2.23. The average Bonchev–Trinajstić information content (AvgIpc) is 2.86. The van der Waals surface area contributed by atoms with E-state index in [-0.39, 0.29) is 16.3 Å². The van der Waals surface area contributed by atoms with Crippen LogP contribution in [0.15, 0.2) is 57.8 Å². The first-order chi connectivity index (χ1) is 10.9. The number of nitrogens with one attached hydrogen (secondary N) is 1. The van der Waals surface area contributed by atoms with E-state index in [1.807, 2.05) is 0 Å². The molecule has 0 spiro atoms. The summed E-state index contributed by atoms with van der Waals surface area (Å²) < 4.78 is 32.7. The summed E-state index contributed by atoms with van der Waals surface area (Å²) in [7, 11) is -3.92. The van der Waals surface area contributed by atoms with Crippen LogP contribution in [0.1, 0.15) is 10.6 Å². The van der Waals surface area contributed by atoms with Gasteiger partial charge in [-0.05, 0) is 36.4 Å². The molecule has 0 saturated heterocycles. The number of carbonyl (C=O) groups excluding carboxylic acids is 1. The lowest BCUT2D eigenvalue weighted by atomic mass is 10.2. The Morgan fingerprint density at radius 3 is 2.39 bits per heavy atom. The maximum absolute atomic E-state index is 12.5. The van der Waals surface area contributed by atoms with Gasteiger partial charge in [-0.1, -0.05) is 23.7 Å². The second-order valence-electron chi connectivity index (χ2n) is 4.73. The van der Waals surface area contributed by atoms with Crippen LogP contribution >= 0.6 is 11.6 Å². The lowest BCUT2D eigenvalue weighted by Crippen LogP contribution is -2.17. The first-order valence-corrected chi connectivity index (χ1v) is 8.34. The van der Waals surface area contributed by atoms with Gasteiger partial charge in [-0.25, -0.2) is 8.42 Å². The van der Waals surface area contributed by atoms with E-state index in [0.717, 1.165) is 0 Å². The monoisotopic (exact) mass is 350 g/mol. The molecule has 1 aromatic heterocycles. The van der Waals surface area contributed by atoms with Gasteiger partial charge in [0.05, 0.1) is 4.90 Å². The molecule has 8 heteroatoms. The van der Waals surface area contributed by atoms with Gasteiger partial charge in [-0.2, -0.15) is 0 Å². The SMILES string of the molecule is NC(=O)c1oc2ccccc2c1NS(=O)(=O)c1ccc(Cl)cc1. The van der Waals surface area contributed by atoms with Crippen molar-refractivity contribution in [3.8, 4) is 0 Å². The van der Waals surface area contributed by atoms with Gasteiger partial charge in [-0.15, -0.1) is 0 Å². The predicted octanol–water partition coefficient (Wildman–Crippen LogP) is 2.99. The van der Waals surface area contributed by atoms with Gasteiger partial charge >= 0.3 is 0 Å². The fourth-order valence-corrected chi connectivity index (χ4v) is 3.34. The smallest absolute Gasteiger partial charge is 0.286 e. The summed E-state index contributed by atoms with van der Waals surface area (Å²) in [5, 5.41) is 0.856. The number of para-hydroxylation sites is 1. The molecule has 1 amide bonds. The Kier molecular flexibility index (Phi) is 3.75. The Balaban J connectivity index is 2.12. The van der Waals surface area contributed by atoms with Crippen LogP contribution in [0.2, 0.25) is 5.02 Å². The highest BCUT2D eigenvalue weighted by Crippen LogP contribution is 2.32. The Labute approximate surface area is 136 Å². The molecule has 0 atom stereocenters. The summed E-state index contributed by atoms with van der Waals surface area (Å²) in [6.07, 6.45) is 0. The zero-order valence-corrected chi connectivity index (χ0v) is 13.2. The van der Waals surface area contributed by atoms with E-state index >= 15 is 0 Å². The fourth-order valence-electron chi connectivity index (χ4n) is 2.13. The third-order valence-electron chi connectivity index (χ3n) is 3.18. The molecule has 1 heterocycles. The Morgan fingerprint density at radius 2 is 1.74 bits per heavy atom. The van der Waals surface area contributed by atoms with Crippen molar-refractivity contribution in [2.75, 3.05) is 4.72 Å². The number of hydrogen-bond donors (Lipinski definition) is 2. The van der Waals surface area contributed by atoms with Crippen LogP contribution in [-0.2, 0) is 10.0 Å². The van der Waals surface area contributed by atoms with E-state index in [9.17, 15) is 13.2 Å². The van der Waals surface area contributed by atoms with Crippen molar-refractivity contribution in [2.24, 2.45) is 5.73 Å². The van der Waals surface area contributed by atoms with Gasteiger partial charge in [0.2, 0.25) is 5.76 Å². The molecule has 0 aliphatic carbocycles. The summed E-state index contributed by atoms with van der Waals surface area (Å²) in [5.74, 6) is -1.11. The predicted molar refractivity (Wildman–Crippen MR) is 87.0 cm³/mol. The van der Waals surface area contributed by atoms with Crippen LogP contribution in [0.4, 0.5) is 5.69 Å². The van der Waals surface area contributed by atoms with Crippen LogP contribution in [0.3, 0.4) is 0 Å². The number of primary amides is 1. The Bertz CT molecular complexity index is 994. The topological polar surface area (TPSA) is 102 Å². The first kappa shape index (κ1) is 15.4. The Morgan fingerprint density at radius 1 is 1.09 bits per heavy atom. The number of hydrogen-bond acceptors (Lipinski definition) is 4. The quantitative estimate of drug-likeness (QED) is 0.754. The van der Waals surface area contributed by atoms with Crippen molar-refractivity contribution in [3.05, 3.63) is 59.3 Å². The molecule has 0 aliphatic heterocycles. The molecule has 3 N–H and O–H groups in total. The molecule has 23 heavy (non-hydrogen) atoms. The summed E-state index contributed by atoms with van der Waals surface area (Å²) >= 11 is 5.76.